The summed E-state index contributed by atoms with van der Waals surface area (Å²) >= 11 is 6.27. The van der Waals surface area contributed by atoms with Crippen molar-refractivity contribution in [3.05, 3.63) is 47.4 Å². The topological polar surface area (TPSA) is 100 Å². The maximum absolute atomic E-state index is 13.7. The third-order valence-corrected chi connectivity index (χ3v) is 7.62. The molecule has 6 atom stereocenters. The fourth-order valence-corrected chi connectivity index (χ4v) is 6.41. The Bertz CT molecular complexity index is 1120. The van der Waals surface area contributed by atoms with Gasteiger partial charge in [0.15, 0.2) is 0 Å². The number of halogens is 1. The summed E-state index contributed by atoms with van der Waals surface area (Å²) in [6.07, 6.45) is 4.19. The number of hydrogen-bond donors (Lipinski definition) is 1. The molecule has 31 heavy (non-hydrogen) atoms. The van der Waals surface area contributed by atoms with Gasteiger partial charge in [-0.25, -0.2) is 9.97 Å². The molecule has 1 amide bonds. The van der Waals surface area contributed by atoms with Gasteiger partial charge in [0.2, 0.25) is 5.91 Å². The van der Waals surface area contributed by atoms with Gasteiger partial charge in [0.05, 0.1) is 46.3 Å². The lowest BCUT2D eigenvalue weighted by Gasteiger charge is -2.45. The molecule has 4 saturated heterocycles. The number of anilines is 2. The van der Waals surface area contributed by atoms with Gasteiger partial charge in [-0.05, 0) is 37.6 Å². The van der Waals surface area contributed by atoms with Crippen LogP contribution in [0.25, 0.3) is 0 Å². The van der Waals surface area contributed by atoms with E-state index >= 15 is 0 Å². The maximum Gasteiger partial charge on any atom is 0.235 e. The molecule has 8 nitrogen and oxygen atoms in total. The smallest absolute Gasteiger partial charge is 0.235 e. The second-order valence-electron chi connectivity index (χ2n) is 8.86. The van der Waals surface area contributed by atoms with Crippen molar-refractivity contribution in [3.8, 4) is 6.07 Å². The van der Waals surface area contributed by atoms with Crippen LogP contribution >= 0.6 is 11.6 Å². The lowest BCUT2D eigenvalue weighted by molar-refractivity contribution is -0.141. The molecule has 2 bridgehead atoms. The summed E-state index contributed by atoms with van der Waals surface area (Å²) in [6, 6.07) is 8.98. The number of ether oxygens (including phenoxy) is 2. The first kappa shape index (κ1) is 19.0. The Morgan fingerprint density at radius 3 is 3.00 bits per heavy atom. The molecule has 6 rings (SSSR count). The highest BCUT2D eigenvalue weighted by atomic mass is 35.5. The van der Waals surface area contributed by atoms with Crippen LogP contribution in [0.1, 0.15) is 25.3 Å². The molecule has 1 spiro atoms. The van der Waals surface area contributed by atoms with Gasteiger partial charge in [-0.2, -0.15) is 5.26 Å². The predicted octanol–water partition coefficient (Wildman–Crippen LogP) is 2.74. The number of carbonyl (C=O) groups excluding carboxylic acids is 1. The minimum atomic E-state index is -0.594. The Morgan fingerprint density at radius 1 is 1.39 bits per heavy atom. The van der Waals surface area contributed by atoms with Gasteiger partial charge in [0.25, 0.3) is 0 Å². The monoisotopic (exact) mass is 437 g/mol. The molecule has 4 aliphatic heterocycles. The standard InChI is InChI=1S/C22H20ClN5O3/c1-21-9-15(27-16-4-6-25-11-26-16)22(31-21)5-7-30-20-18(22)17(21)19(29)28(20)13-3-2-12(10-24)14(23)8-13/h2-4,6,8,11,15,17-18,20H,5,7,9H2,1H3,(H,25,26,27)/t15-,17+,18-,20-,21+,22-/m0/s1. The minimum absolute atomic E-state index is 0.0114. The van der Waals surface area contributed by atoms with Gasteiger partial charge in [-0.3, -0.25) is 9.69 Å². The molecule has 0 radical (unpaired) electrons. The molecule has 158 valence electrons. The van der Waals surface area contributed by atoms with E-state index in [1.54, 1.807) is 29.3 Å². The number of rotatable bonds is 3. The van der Waals surface area contributed by atoms with Gasteiger partial charge in [-0.1, -0.05) is 11.6 Å². The molecule has 1 aromatic heterocycles. The summed E-state index contributed by atoms with van der Waals surface area (Å²) < 4.78 is 12.9. The molecular formula is C22H20ClN5O3. The number of fused-ring (bicyclic) bond motifs is 2. The van der Waals surface area contributed by atoms with Gasteiger partial charge < -0.3 is 14.8 Å². The number of nitrogens with one attached hydrogen (secondary N) is 1. The SMILES string of the molecule is C[C@@]12C[C@H](Nc3ccncn3)[C@]3(CCO[C@H]4[C@@H]3[C@@H]1C(=O)N4c1ccc(C#N)c(Cl)c1)O2. The highest BCUT2D eigenvalue weighted by molar-refractivity contribution is 6.32. The number of amides is 1. The number of benzene rings is 1. The first-order valence-corrected chi connectivity index (χ1v) is 10.7. The van der Waals surface area contributed by atoms with E-state index in [9.17, 15) is 10.1 Å². The van der Waals surface area contributed by atoms with Crippen molar-refractivity contribution in [2.45, 2.75) is 43.2 Å². The minimum Gasteiger partial charge on any atom is -0.365 e. The van der Waals surface area contributed by atoms with E-state index in [0.717, 1.165) is 5.82 Å². The van der Waals surface area contributed by atoms with Crippen LogP contribution in [0, 0.1) is 23.2 Å². The van der Waals surface area contributed by atoms with E-state index in [1.165, 1.54) is 6.33 Å². The summed E-state index contributed by atoms with van der Waals surface area (Å²) in [4.78, 5) is 23.7. The van der Waals surface area contributed by atoms with Crippen LogP contribution in [-0.4, -0.2) is 46.0 Å². The van der Waals surface area contributed by atoms with Crippen molar-refractivity contribution in [1.29, 1.82) is 5.26 Å². The molecule has 1 N–H and O–H groups in total. The van der Waals surface area contributed by atoms with E-state index in [2.05, 4.69) is 21.4 Å². The van der Waals surface area contributed by atoms with Crippen LogP contribution in [-0.2, 0) is 14.3 Å². The molecule has 4 aliphatic rings. The first-order chi connectivity index (χ1) is 15.0. The van der Waals surface area contributed by atoms with Crippen molar-refractivity contribution in [2.75, 3.05) is 16.8 Å². The highest BCUT2D eigenvalue weighted by Crippen LogP contribution is 2.65. The molecule has 0 unspecified atom stereocenters. The molecule has 9 heteroatoms. The zero-order valence-electron chi connectivity index (χ0n) is 16.8. The number of aromatic nitrogens is 2. The molecule has 2 aromatic rings. The van der Waals surface area contributed by atoms with Gasteiger partial charge in [-0.15, -0.1) is 0 Å². The molecule has 5 heterocycles. The second kappa shape index (κ2) is 6.39. The number of nitrogens with zero attached hydrogens (tertiary/aromatic N) is 4. The third-order valence-electron chi connectivity index (χ3n) is 7.31. The second-order valence-corrected chi connectivity index (χ2v) is 9.27. The summed E-state index contributed by atoms with van der Waals surface area (Å²) in [6.45, 7) is 2.52. The lowest BCUT2D eigenvalue weighted by Crippen LogP contribution is -2.59. The van der Waals surface area contributed by atoms with Crippen LogP contribution in [0.5, 0.6) is 0 Å². The Labute approximate surface area is 184 Å². The van der Waals surface area contributed by atoms with Crippen LogP contribution in [0.15, 0.2) is 36.8 Å². The zero-order valence-corrected chi connectivity index (χ0v) is 17.5. The van der Waals surface area contributed by atoms with Crippen molar-refractivity contribution in [2.24, 2.45) is 11.8 Å². The number of carbonyl (C=O) groups is 1. The summed E-state index contributed by atoms with van der Waals surface area (Å²) in [5, 5.41) is 13.0. The van der Waals surface area contributed by atoms with E-state index < -0.39 is 17.4 Å². The van der Waals surface area contributed by atoms with Crippen molar-refractivity contribution in [3.63, 3.8) is 0 Å². The average Bonchev–Trinajstić information content (AvgIpc) is 3.32. The molecule has 0 aliphatic carbocycles. The Kier molecular flexibility index (Phi) is 3.91. The van der Waals surface area contributed by atoms with E-state index in [-0.39, 0.29) is 23.8 Å². The summed E-state index contributed by atoms with van der Waals surface area (Å²) in [7, 11) is 0. The molecule has 0 saturated carbocycles. The fraction of sp³-hybridized carbons (Fsp3) is 0.455. The first-order valence-electron chi connectivity index (χ1n) is 10.3. The zero-order chi connectivity index (χ0) is 21.4. The Morgan fingerprint density at radius 2 is 2.26 bits per heavy atom. The van der Waals surface area contributed by atoms with Crippen molar-refractivity contribution >= 4 is 29.0 Å². The van der Waals surface area contributed by atoms with Crippen LogP contribution in [0.4, 0.5) is 11.5 Å². The average molecular weight is 438 g/mol. The predicted molar refractivity (Wildman–Crippen MR) is 111 cm³/mol. The summed E-state index contributed by atoms with van der Waals surface area (Å²) in [5.41, 5.74) is -0.0889. The van der Waals surface area contributed by atoms with E-state index in [1.807, 2.05) is 13.0 Å². The highest BCUT2D eigenvalue weighted by Gasteiger charge is 2.78. The summed E-state index contributed by atoms with van der Waals surface area (Å²) in [5.74, 6) is 0.327. The third kappa shape index (κ3) is 2.45. The lowest BCUT2D eigenvalue weighted by atomic mass is 9.64. The van der Waals surface area contributed by atoms with Crippen LogP contribution in [0.3, 0.4) is 0 Å². The largest absolute Gasteiger partial charge is 0.365 e. The Balaban J connectivity index is 1.40. The quantitative estimate of drug-likeness (QED) is 0.787. The van der Waals surface area contributed by atoms with Crippen molar-refractivity contribution in [1.82, 2.24) is 9.97 Å². The molecule has 4 fully saturated rings. The maximum atomic E-state index is 13.7. The molecular weight excluding hydrogens is 418 g/mol. The molecule has 1 aromatic carbocycles. The van der Waals surface area contributed by atoms with E-state index in [4.69, 9.17) is 21.1 Å². The fourth-order valence-electron chi connectivity index (χ4n) is 6.19. The number of hydrogen-bond acceptors (Lipinski definition) is 7. The van der Waals surface area contributed by atoms with Crippen molar-refractivity contribution < 1.29 is 14.3 Å². The van der Waals surface area contributed by atoms with Gasteiger partial charge in [0.1, 0.15) is 24.4 Å². The van der Waals surface area contributed by atoms with Crippen LogP contribution < -0.4 is 10.2 Å². The normalized spacial score (nSPS) is 37.6. The van der Waals surface area contributed by atoms with Crippen LogP contribution in [0.2, 0.25) is 5.02 Å². The number of nitriles is 1. The van der Waals surface area contributed by atoms with Gasteiger partial charge in [0, 0.05) is 18.3 Å². The van der Waals surface area contributed by atoms with Gasteiger partial charge >= 0.3 is 0 Å². The Hall–Kier alpha value is -2.73. The van der Waals surface area contributed by atoms with E-state index in [0.29, 0.717) is 35.7 Å².